The zero-order valence-corrected chi connectivity index (χ0v) is 13.9. The highest BCUT2D eigenvalue weighted by molar-refractivity contribution is 9.10. The maximum atomic E-state index is 13.8. The highest BCUT2D eigenvalue weighted by Crippen LogP contribution is 2.15. The number of pyridine rings is 1. The number of hydrogen-bond acceptors (Lipinski definition) is 2. The van der Waals surface area contributed by atoms with Gasteiger partial charge in [-0.2, -0.15) is 0 Å². The van der Waals surface area contributed by atoms with Gasteiger partial charge in [-0.3, -0.25) is 4.98 Å². The number of guanidine groups is 1. The van der Waals surface area contributed by atoms with E-state index in [2.05, 4.69) is 36.5 Å². The number of aliphatic imine (C=N–C) groups is 1. The highest BCUT2D eigenvalue weighted by Gasteiger charge is 2.03. The molecule has 0 saturated carbocycles. The SMILES string of the molecule is CCNC(=NCc1ccc(Br)cc1F)NCc1ccccn1. The molecule has 2 aromatic rings. The van der Waals surface area contributed by atoms with Gasteiger partial charge in [-0.05, 0) is 31.2 Å². The average molecular weight is 365 g/mol. The Hall–Kier alpha value is -1.95. The van der Waals surface area contributed by atoms with Gasteiger partial charge in [0, 0.05) is 22.8 Å². The summed E-state index contributed by atoms with van der Waals surface area (Å²) < 4.78 is 14.5. The van der Waals surface area contributed by atoms with Gasteiger partial charge in [-0.1, -0.05) is 28.1 Å². The molecule has 6 heteroatoms. The number of halogens is 2. The highest BCUT2D eigenvalue weighted by atomic mass is 79.9. The molecule has 0 aliphatic rings. The third kappa shape index (κ3) is 5.11. The molecule has 0 aliphatic carbocycles. The van der Waals surface area contributed by atoms with Gasteiger partial charge in [0.2, 0.25) is 0 Å². The van der Waals surface area contributed by atoms with E-state index in [9.17, 15) is 4.39 Å². The van der Waals surface area contributed by atoms with Crippen LogP contribution in [0.3, 0.4) is 0 Å². The van der Waals surface area contributed by atoms with Gasteiger partial charge in [0.05, 0.1) is 18.8 Å². The van der Waals surface area contributed by atoms with E-state index in [1.165, 1.54) is 6.07 Å². The lowest BCUT2D eigenvalue weighted by Crippen LogP contribution is -2.37. The van der Waals surface area contributed by atoms with E-state index in [-0.39, 0.29) is 12.4 Å². The van der Waals surface area contributed by atoms with Crippen LogP contribution in [0.2, 0.25) is 0 Å². The van der Waals surface area contributed by atoms with Gasteiger partial charge in [-0.15, -0.1) is 0 Å². The first kappa shape index (κ1) is 16.4. The molecular formula is C16H18BrFN4. The summed E-state index contributed by atoms with van der Waals surface area (Å²) in [6, 6.07) is 10.7. The molecule has 2 N–H and O–H groups in total. The summed E-state index contributed by atoms with van der Waals surface area (Å²) in [6.45, 7) is 3.56. The Morgan fingerprint density at radius 1 is 1.27 bits per heavy atom. The second-order valence-corrected chi connectivity index (χ2v) is 5.52. The van der Waals surface area contributed by atoms with Gasteiger partial charge in [0.25, 0.3) is 0 Å². The fraction of sp³-hybridized carbons (Fsp3) is 0.250. The number of benzene rings is 1. The smallest absolute Gasteiger partial charge is 0.191 e. The monoisotopic (exact) mass is 364 g/mol. The molecule has 0 aliphatic heterocycles. The maximum Gasteiger partial charge on any atom is 0.191 e. The predicted molar refractivity (Wildman–Crippen MR) is 90.0 cm³/mol. The van der Waals surface area contributed by atoms with Gasteiger partial charge in [0.1, 0.15) is 5.82 Å². The molecule has 1 heterocycles. The lowest BCUT2D eigenvalue weighted by atomic mass is 10.2. The topological polar surface area (TPSA) is 49.3 Å². The molecule has 0 fully saturated rings. The van der Waals surface area contributed by atoms with Crippen molar-refractivity contribution >= 4 is 21.9 Å². The number of aromatic nitrogens is 1. The quantitative estimate of drug-likeness (QED) is 0.632. The zero-order valence-electron chi connectivity index (χ0n) is 12.3. The summed E-state index contributed by atoms with van der Waals surface area (Å²) in [7, 11) is 0. The van der Waals surface area contributed by atoms with E-state index in [4.69, 9.17) is 0 Å². The van der Waals surface area contributed by atoms with Crippen molar-refractivity contribution in [2.75, 3.05) is 6.54 Å². The molecule has 2 rings (SSSR count). The third-order valence-corrected chi connectivity index (χ3v) is 3.42. The van der Waals surface area contributed by atoms with E-state index in [1.807, 2.05) is 31.2 Å². The minimum atomic E-state index is -0.265. The molecule has 1 aromatic carbocycles. The van der Waals surface area contributed by atoms with E-state index in [0.29, 0.717) is 18.1 Å². The van der Waals surface area contributed by atoms with Crippen LogP contribution in [-0.2, 0) is 13.1 Å². The van der Waals surface area contributed by atoms with Crippen molar-refractivity contribution in [2.45, 2.75) is 20.0 Å². The van der Waals surface area contributed by atoms with Crippen LogP contribution in [0.5, 0.6) is 0 Å². The first-order valence-electron chi connectivity index (χ1n) is 7.05. The second kappa shape index (κ2) is 8.48. The van der Waals surface area contributed by atoms with Crippen molar-refractivity contribution in [1.82, 2.24) is 15.6 Å². The summed E-state index contributed by atoms with van der Waals surface area (Å²) in [5.74, 6) is 0.370. The fourth-order valence-corrected chi connectivity index (χ4v) is 2.17. The number of hydrogen-bond donors (Lipinski definition) is 2. The third-order valence-electron chi connectivity index (χ3n) is 2.93. The first-order valence-corrected chi connectivity index (χ1v) is 7.84. The lowest BCUT2D eigenvalue weighted by Gasteiger charge is -2.11. The summed E-state index contributed by atoms with van der Waals surface area (Å²) in [5.41, 5.74) is 1.47. The Labute approximate surface area is 138 Å². The van der Waals surface area contributed by atoms with E-state index in [1.54, 1.807) is 12.3 Å². The van der Waals surface area contributed by atoms with Gasteiger partial charge in [0.15, 0.2) is 5.96 Å². The zero-order chi connectivity index (χ0) is 15.8. The standard InChI is InChI=1S/C16H18BrFN4/c1-2-19-16(22-11-14-5-3-4-8-20-14)21-10-12-6-7-13(17)9-15(12)18/h3-9H,2,10-11H2,1H3,(H2,19,21,22). The summed E-state index contributed by atoms with van der Waals surface area (Å²) in [4.78, 5) is 8.64. The Morgan fingerprint density at radius 3 is 2.82 bits per heavy atom. The Balaban J connectivity index is 2.00. The fourth-order valence-electron chi connectivity index (χ4n) is 1.83. The van der Waals surface area contributed by atoms with Crippen LogP contribution in [-0.4, -0.2) is 17.5 Å². The molecule has 0 atom stereocenters. The minimum absolute atomic E-state index is 0.265. The summed E-state index contributed by atoms with van der Waals surface area (Å²) >= 11 is 3.24. The molecule has 22 heavy (non-hydrogen) atoms. The molecule has 0 radical (unpaired) electrons. The number of rotatable bonds is 5. The maximum absolute atomic E-state index is 13.8. The van der Waals surface area contributed by atoms with Crippen LogP contribution in [0.1, 0.15) is 18.2 Å². The molecule has 4 nitrogen and oxygen atoms in total. The molecule has 0 bridgehead atoms. The molecule has 116 valence electrons. The van der Waals surface area contributed by atoms with Crippen molar-refractivity contribution < 1.29 is 4.39 Å². The Bertz CT molecular complexity index is 631. The lowest BCUT2D eigenvalue weighted by molar-refractivity contribution is 0.609. The average Bonchev–Trinajstić information content (AvgIpc) is 2.52. The Kier molecular flexibility index (Phi) is 6.33. The van der Waals surface area contributed by atoms with Crippen LogP contribution in [0.4, 0.5) is 4.39 Å². The van der Waals surface area contributed by atoms with Gasteiger partial charge in [-0.25, -0.2) is 9.38 Å². The van der Waals surface area contributed by atoms with E-state index >= 15 is 0 Å². The van der Waals surface area contributed by atoms with Crippen LogP contribution in [0.25, 0.3) is 0 Å². The van der Waals surface area contributed by atoms with Crippen LogP contribution >= 0.6 is 15.9 Å². The summed E-state index contributed by atoms with van der Waals surface area (Å²) in [6.07, 6.45) is 1.75. The summed E-state index contributed by atoms with van der Waals surface area (Å²) in [5, 5.41) is 6.32. The van der Waals surface area contributed by atoms with E-state index in [0.717, 1.165) is 16.7 Å². The van der Waals surface area contributed by atoms with Crippen LogP contribution in [0, 0.1) is 5.82 Å². The van der Waals surface area contributed by atoms with Crippen molar-refractivity contribution in [1.29, 1.82) is 0 Å². The van der Waals surface area contributed by atoms with Gasteiger partial charge < -0.3 is 10.6 Å². The molecular weight excluding hydrogens is 347 g/mol. The first-order chi connectivity index (χ1) is 10.7. The van der Waals surface area contributed by atoms with Crippen molar-refractivity contribution in [3.05, 3.63) is 64.1 Å². The predicted octanol–water partition coefficient (Wildman–Crippen LogP) is 3.24. The van der Waals surface area contributed by atoms with Crippen molar-refractivity contribution in [3.8, 4) is 0 Å². The van der Waals surface area contributed by atoms with Gasteiger partial charge >= 0.3 is 0 Å². The number of nitrogens with one attached hydrogen (secondary N) is 2. The second-order valence-electron chi connectivity index (χ2n) is 4.61. The van der Waals surface area contributed by atoms with E-state index < -0.39 is 0 Å². The molecule has 0 amide bonds. The Morgan fingerprint density at radius 2 is 2.14 bits per heavy atom. The normalized spacial score (nSPS) is 11.3. The minimum Gasteiger partial charge on any atom is -0.357 e. The number of nitrogens with zero attached hydrogens (tertiary/aromatic N) is 2. The van der Waals surface area contributed by atoms with Crippen molar-refractivity contribution in [2.24, 2.45) is 4.99 Å². The largest absolute Gasteiger partial charge is 0.357 e. The molecule has 0 unspecified atom stereocenters. The molecule has 1 aromatic heterocycles. The van der Waals surface area contributed by atoms with Crippen molar-refractivity contribution in [3.63, 3.8) is 0 Å². The van der Waals surface area contributed by atoms with Crippen LogP contribution in [0.15, 0.2) is 52.1 Å². The van der Waals surface area contributed by atoms with Crippen LogP contribution < -0.4 is 10.6 Å². The molecule has 0 spiro atoms. The molecule has 0 saturated heterocycles.